The number of nitrogens with zero attached hydrogens (tertiary/aromatic N) is 1. The summed E-state index contributed by atoms with van der Waals surface area (Å²) in [5, 5.41) is 0. The van der Waals surface area contributed by atoms with E-state index < -0.39 is 11.7 Å². The predicted octanol–water partition coefficient (Wildman–Crippen LogP) is 4.49. The van der Waals surface area contributed by atoms with Gasteiger partial charge < -0.3 is 0 Å². The van der Waals surface area contributed by atoms with E-state index in [1.807, 2.05) is 12.3 Å². The highest BCUT2D eigenvalue weighted by Crippen LogP contribution is 2.30. The maximum atomic E-state index is 12.4. The monoisotopic (exact) mass is 269 g/mol. The summed E-state index contributed by atoms with van der Waals surface area (Å²) in [6, 6.07) is 8.70. The second kappa shape index (κ2) is 5.02. The second-order valence-electron chi connectivity index (χ2n) is 3.66. The Morgan fingerprint density at radius 2 is 1.67 bits per heavy atom. The standard InChI is InChI=1S/C13H10F3NS/c1-18-11-6-7-12(17-8-11)9-2-4-10(5-3-9)13(14,15)16/h2-8H,1H3. The zero-order valence-corrected chi connectivity index (χ0v) is 10.3. The molecule has 1 aromatic heterocycles. The van der Waals surface area contributed by atoms with Crippen molar-refractivity contribution in [1.29, 1.82) is 0 Å². The maximum absolute atomic E-state index is 12.4. The average Bonchev–Trinajstić information content (AvgIpc) is 2.38. The number of benzene rings is 1. The van der Waals surface area contributed by atoms with Crippen LogP contribution in [-0.4, -0.2) is 11.2 Å². The largest absolute Gasteiger partial charge is 0.416 e. The van der Waals surface area contributed by atoms with Crippen LogP contribution in [-0.2, 0) is 6.18 Å². The molecule has 0 fully saturated rings. The topological polar surface area (TPSA) is 12.9 Å². The Bertz CT molecular complexity index is 517. The molecule has 0 atom stereocenters. The van der Waals surface area contributed by atoms with Crippen molar-refractivity contribution in [3.63, 3.8) is 0 Å². The fraction of sp³-hybridized carbons (Fsp3) is 0.154. The molecule has 0 N–H and O–H groups in total. The highest BCUT2D eigenvalue weighted by molar-refractivity contribution is 7.98. The van der Waals surface area contributed by atoms with Crippen molar-refractivity contribution in [2.75, 3.05) is 6.26 Å². The van der Waals surface area contributed by atoms with Crippen LogP contribution in [0.1, 0.15) is 5.56 Å². The first-order valence-electron chi connectivity index (χ1n) is 5.18. The van der Waals surface area contributed by atoms with E-state index in [9.17, 15) is 13.2 Å². The molecule has 1 heterocycles. The van der Waals surface area contributed by atoms with Gasteiger partial charge in [-0.25, -0.2) is 0 Å². The van der Waals surface area contributed by atoms with Crippen LogP contribution >= 0.6 is 11.8 Å². The van der Waals surface area contributed by atoms with E-state index in [2.05, 4.69) is 4.98 Å². The van der Waals surface area contributed by atoms with E-state index in [0.717, 1.165) is 17.0 Å². The Labute approximate surface area is 107 Å². The number of thioether (sulfide) groups is 1. The van der Waals surface area contributed by atoms with Gasteiger partial charge >= 0.3 is 6.18 Å². The second-order valence-corrected chi connectivity index (χ2v) is 4.54. The van der Waals surface area contributed by atoms with Crippen LogP contribution in [0.4, 0.5) is 13.2 Å². The SMILES string of the molecule is CSc1ccc(-c2ccc(C(F)(F)F)cc2)nc1. The zero-order chi connectivity index (χ0) is 13.2. The molecule has 0 saturated carbocycles. The normalized spacial score (nSPS) is 11.6. The van der Waals surface area contributed by atoms with Gasteiger partial charge in [0.2, 0.25) is 0 Å². The third kappa shape index (κ3) is 2.85. The van der Waals surface area contributed by atoms with Crippen LogP contribution in [0.25, 0.3) is 11.3 Å². The fourth-order valence-corrected chi connectivity index (χ4v) is 1.86. The van der Waals surface area contributed by atoms with E-state index in [1.165, 1.54) is 12.1 Å². The molecule has 0 radical (unpaired) electrons. The lowest BCUT2D eigenvalue weighted by atomic mass is 10.1. The van der Waals surface area contributed by atoms with Gasteiger partial charge in [-0.05, 0) is 30.5 Å². The van der Waals surface area contributed by atoms with Crippen LogP contribution in [0.15, 0.2) is 47.5 Å². The summed E-state index contributed by atoms with van der Waals surface area (Å²) in [5.74, 6) is 0. The van der Waals surface area contributed by atoms with Crippen LogP contribution in [0.5, 0.6) is 0 Å². The fourth-order valence-electron chi connectivity index (χ4n) is 1.50. The lowest BCUT2D eigenvalue weighted by molar-refractivity contribution is -0.137. The van der Waals surface area contributed by atoms with Crippen molar-refractivity contribution in [2.45, 2.75) is 11.1 Å². The minimum atomic E-state index is -4.30. The van der Waals surface area contributed by atoms with E-state index >= 15 is 0 Å². The minimum absolute atomic E-state index is 0.646. The molecular formula is C13H10F3NS. The molecule has 1 aromatic carbocycles. The molecule has 5 heteroatoms. The number of halogens is 3. The van der Waals surface area contributed by atoms with E-state index in [-0.39, 0.29) is 0 Å². The molecule has 94 valence electrons. The van der Waals surface area contributed by atoms with Gasteiger partial charge in [0.25, 0.3) is 0 Å². The van der Waals surface area contributed by atoms with Crippen molar-refractivity contribution in [3.8, 4) is 11.3 Å². The Morgan fingerprint density at radius 1 is 1.00 bits per heavy atom. The van der Waals surface area contributed by atoms with Crippen molar-refractivity contribution >= 4 is 11.8 Å². The summed E-state index contributed by atoms with van der Waals surface area (Å²) in [7, 11) is 0. The Balaban J connectivity index is 2.28. The quantitative estimate of drug-likeness (QED) is 0.745. The Kier molecular flexibility index (Phi) is 3.61. The molecule has 18 heavy (non-hydrogen) atoms. The zero-order valence-electron chi connectivity index (χ0n) is 9.53. The summed E-state index contributed by atoms with van der Waals surface area (Å²) < 4.78 is 37.2. The van der Waals surface area contributed by atoms with Gasteiger partial charge in [0.15, 0.2) is 0 Å². The number of rotatable bonds is 2. The molecular weight excluding hydrogens is 259 g/mol. The van der Waals surface area contributed by atoms with E-state index in [0.29, 0.717) is 11.3 Å². The Hall–Kier alpha value is -1.49. The molecule has 0 aliphatic rings. The summed E-state index contributed by atoms with van der Waals surface area (Å²) in [4.78, 5) is 5.23. The van der Waals surface area contributed by atoms with Crippen molar-refractivity contribution < 1.29 is 13.2 Å². The molecule has 0 saturated heterocycles. The molecule has 2 aromatic rings. The summed E-state index contributed by atoms with van der Waals surface area (Å²) in [6.07, 6.45) is -0.652. The first-order chi connectivity index (χ1) is 8.50. The van der Waals surface area contributed by atoms with E-state index in [1.54, 1.807) is 24.0 Å². The van der Waals surface area contributed by atoms with Crippen LogP contribution in [0.3, 0.4) is 0 Å². The van der Waals surface area contributed by atoms with Gasteiger partial charge in [-0.1, -0.05) is 12.1 Å². The van der Waals surface area contributed by atoms with Crippen molar-refractivity contribution in [2.24, 2.45) is 0 Å². The molecule has 0 unspecified atom stereocenters. The third-order valence-electron chi connectivity index (χ3n) is 2.48. The maximum Gasteiger partial charge on any atom is 0.416 e. The van der Waals surface area contributed by atoms with Gasteiger partial charge in [0, 0.05) is 16.7 Å². The average molecular weight is 269 g/mol. The first-order valence-corrected chi connectivity index (χ1v) is 6.41. The van der Waals surface area contributed by atoms with Gasteiger partial charge in [-0.15, -0.1) is 11.8 Å². The molecule has 0 aliphatic carbocycles. The molecule has 0 aliphatic heterocycles. The van der Waals surface area contributed by atoms with E-state index in [4.69, 9.17) is 0 Å². The van der Waals surface area contributed by atoms with Crippen LogP contribution in [0, 0.1) is 0 Å². The first kappa shape index (κ1) is 13.0. The summed E-state index contributed by atoms with van der Waals surface area (Å²) >= 11 is 1.57. The highest BCUT2D eigenvalue weighted by atomic mass is 32.2. The Morgan fingerprint density at radius 3 is 2.11 bits per heavy atom. The van der Waals surface area contributed by atoms with Crippen molar-refractivity contribution in [1.82, 2.24) is 4.98 Å². The minimum Gasteiger partial charge on any atom is -0.255 e. The van der Waals surface area contributed by atoms with Crippen LogP contribution < -0.4 is 0 Å². The lowest BCUT2D eigenvalue weighted by Crippen LogP contribution is -2.04. The van der Waals surface area contributed by atoms with Gasteiger partial charge in [0.1, 0.15) is 0 Å². The van der Waals surface area contributed by atoms with Gasteiger partial charge in [-0.3, -0.25) is 4.98 Å². The lowest BCUT2D eigenvalue weighted by Gasteiger charge is -2.07. The number of alkyl halides is 3. The van der Waals surface area contributed by atoms with Crippen LogP contribution in [0.2, 0.25) is 0 Å². The number of hydrogen-bond acceptors (Lipinski definition) is 2. The third-order valence-corrected chi connectivity index (χ3v) is 3.19. The predicted molar refractivity (Wildman–Crippen MR) is 66.5 cm³/mol. The molecule has 0 amide bonds. The highest BCUT2D eigenvalue weighted by Gasteiger charge is 2.29. The number of pyridine rings is 1. The summed E-state index contributed by atoms with van der Waals surface area (Å²) in [6.45, 7) is 0. The van der Waals surface area contributed by atoms with Gasteiger partial charge in [0.05, 0.1) is 11.3 Å². The number of aromatic nitrogens is 1. The van der Waals surface area contributed by atoms with Crippen molar-refractivity contribution in [3.05, 3.63) is 48.2 Å². The van der Waals surface area contributed by atoms with Gasteiger partial charge in [-0.2, -0.15) is 13.2 Å². The molecule has 0 spiro atoms. The molecule has 2 rings (SSSR count). The molecule has 1 nitrogen and oxygen atoms in total. The number of hydrogen-bond donors (Lipinski definition) is 0. The molecule has 0 bridgehead atoms. The summed E-state index contributed by atoms with van der Waals surface area (Å²) in [5.41, 5.74) is 0.698. The smallest absolute Gasteiger partial charge is 0.255 e.